The monoisotopic (exact) mass is 571 g/mol. The number of ether oxygens (including phenoxy) is 3. The van der Waals surface area contributed by atoms with Crippen molar-refractivity contribution in [1.29, 1.82) is 0 Å². The fraction of sp³-hybridized carbons (Fsp3) is 0.258. The molecule has 1 unspecified atom stereocenters. The maximum atomic E-state index is 12.8. The lowest BCUT2D eigenvalue weighted by molar-refractivity contribution is 0.0364. The highest BCUT2D eigenvalue weighted by atomic mass is 16.6. The van der Waals surface area contributed by atoms with Gasteiger partial charge in [0, 0.05) is 43.1 Å². The van der Waals surface area contributed by atoms with Crippen LogP contribution in [0.25, 0.3) is 11.3 Å². The number of rotatable bonds is 10. The average molecular weight is 572 g/mol. The number of hydrogen-bond donors (Lipinski definition) is 4. The highest BCUT2D eigenvalue weighted by Crippen LogP contribution is 2.32. The Kier molecular flexibility index (Phi) is 9.65. The van der Waals surface area contributed by atoms with Crippen LogP contribution in [-0.4, -0.2) is 43.6 Å². The van der Waals surface area contributed by atoms with Crippen molar-refractivity contribution in [3.63, 3.8) is 0 Å². The van der Waals surface area contributed by atoms with Crippen molar-refractivity contribution in [1.82, 2.24) is 15.6 Å². The third-order valence-corrected chi connectivity index (χ3v) is 6.78. The molecule has 11 nitrogen and oxygen atoms in total. The van der Waals surface area contributed by atoms with E-state index in [1.165, 1.54) is 6.39 Å². The summed E-state index contributed by atoms with van der Waals surface area (Å²) in [5, 5.41) is 11.8. The van der Waals surface area contributed by atoms with Crippen LogP contribution in [0.1, 0.15) is 30.1 Å². The average Bonchev–Trinajstić information content (AvgIpc) is 3.56. The lowest BCUT2D eigenvalue weighted by Crippen LogP contribution is -2.39. The summed E-state index contributed by atoms with van der Waals surface area (Å²) in [6.07, 6.45) is 3.50. The van der Waals surface area contributed by atoms with Gasteiger partial charge < -0.3 is 34.6 Å². The minimum atomic E-state index is -0.519. The number of nitrogens with zero attached hydrogens (tertiary/aromatic N) is 1. The zero-order valence-electron chi connectivity index (χ0n) is 23.2. The van der Waals surface area contributed by atoms with Gasteiger partial charge in [-0.25, -0.2) is 14.6 Å². The molecule has 1 fully saturated rings. The van der Waals surface area contributed by atoms with Gasteiger partial charge in [0.25, 0.3) is 0 Å². The lowest BCUT2D eigenvalue weighted by Gasteiger charge is -2.28. The first-order valence-electron chi connectivity index (χ1n) is 13.6. The fourth-order valence-electron chi connectivity index (χ4n) is 4.68. The van der Waals surface area contributed by atoms with Crippen LogP contribution in [0.3, 0.4) is 0 Å². The molecule has 0 spiro atoms. The van der Waals surface area contributed by atoms with E-state index < -0.39 is 18.2 Å². The van der Waals surface area contributed by atoms with Crippen molar-refractivity contribution in [2.45, 2.75) is 31.5 Å². The quantitative estimate of drug-likeness (QED) is 0.191. The molecule has 42 heavy (non-hydrogen) atoms. The molecule has 218 valence electrons. The van der Waals surface area contributed by atoms with Gasteiger partial charge in [0.2, 0.25) is 0 Å². The van der Waals surface area contributed by atoms with Gasteiger partial charge in [0.05, 0.1) is 25.6 Å². The maximum absolute atomic E-state index is 12.8. The molecule has 0 bridgehead atoms. The molecule has 2 atom stereocenters. The molecule has 0 aliphatic carbocycles. The van der Waals surface area contributed by atoms with E-state index in [2.05, 4.69) is 26.3 Å². The van der Waals surface area contributed by atoms with Crippen LogP contribution in [0.5, 0.6) is 5.75 Å². The van der Waals surface area contributed by atoms with E-state index in [-0.39, 0.29) is 12.6 Å². The number of amides is 3. The number of hydrogen-bond acceptors (Lipinski definition) is 8. The second kappa shape index (κ2) is 14.2. The first-order valence-corrected chi connectivity index (χ1v) is 13.6. The largest absolute Gasteiger partial charge is 0.496 e. The van der Waals surface area contributed by atoms with Gasteiger partial charge in [-0.15, -0.1) is 0 Å². The van der Waals surface area contributed by atoms with E-state index in [0.29, 0.717) is 42.6 Å². The molecule has 1 aliphatic rings. The van der Waals surface area contributed by atoms with E-state index in [1.54, 1.807) is 49.7 Å². The molecular weight excluding hydrogens is 538 g/mol. The smallest absolute Gasteiger partial charge is 0.408 e. The molecule has 4 aromatic rings. The number of nitrogens with one attached hydrogen (secondary N) is 4. The first-order chi connectivity index (χ1) is 20.6. The van der Waals surface area contributed by atoms with Crippen molar-refractivity contribution < 1.29 is 28.2 Å². The Labute approximate surface area is 243 Å². The van der Waals surface area contributed by atoms with E-state index >= 15 is 0 Å². The maximum Gasteiger partial charge on any atom is 0.408 e. The van der Waals surface area contributed by atoms with Gasteiger partial charge in [-0.3, -0.25) is 5.32 Å². The molecular formula is C31H33N5O6. The van der Waals surface area contributed by atoms with Crippen molar-refractivity contribution in [3.05, 3.63) is 96.5 Å². The number of carbonyl (C=O) groups excluding carboxylic acids is 2. The Morgan fingerprint density at radius 1 is 1.05 bits per heavy atom. The normalized spacial score (nSPS) is 15.3. The van der Waals surface area contributed by atoms with E-state index in [1.807, 2.05) is 36.4 Å². The van der Waals surface area contributed by atoms with Gasteiger partial charge in [-0.05, 0) is 41.8 Å². The third-order valence-electron chi connectivity index (χ3n) is 6.78. The highest BCUT2D eigenvalue weighted by molar-refractivity contribution is 6.00. The molecule has 1 aliphatic heterocycles. The highest BCUT2D eigenvalue weighted by Gasteiger charge is 2.23. The molecule has 3 aromatic carbocycles. The SMILES string of the molecule is COc1cc(NC(=O)Nc2cccc(CNC(=O)O[C@@H](CC3CCOCN3)c3ccccc3)c2)ccc1-c1cnco1. The number of oxazole rings is 1. The molecule has 2 heterocycles. The molecule has 1 aromatic heterocycles. The molecule has 11 heteroatoms. The van der Waals surface area contributed by atoms with E-state index in [0.717, 1.165) is 23.1 Å². The van der Waals surface area contributed by atoms with Crippen LogP contribution in [0, 0.1) is 0 Å². The predicted molar refractivity (Wildman–Crippen MR) is 157 cm³/mol. The summed E-state index contributed by atoms with van der Waals surface area (Å²) in [4.78, 5) is 29.4. The van der Waals surface area contributed by atoms with Crippen molar-refractivity contribution in [3.8, 4) is 17.1 Å². The molecule has 3 amide bonds. The summed E-state index contributed by atoms with van der Waals surface area (Å²) in [5.74, 6) is 1.09. The van der Waals surface area contributed by atoms with Crippen molar-refractivity contribution >= 4 is 23.5 Å². The Balaban J connectivity index is 1.15. The minimum absolute atomic E-state index is 0.193. The summed E-state index contributed by atoms with van der Waals surface area (Å²) in [7, 11) is 1.54. The summed E-state index contributed by atoms with van der Waals surface area (Å²) in [6, 6.07) is 21.9. The summed E-state index contributed by atoms with van der Waals surface area (Å²) in [6.45, 7) is 1.40. The first kappa shape index (κ1) is 28.7. The van der Waals surface area contributed by atoms with E-state index in [9.17, 15) is 9.59 Å². The summed E-state index contributed by atoms with van der Waals surface area (Å²) in [5.41, 5.74) is 3.55. The number of benzene rings is 3. The minimum Gasteiger partial charge on any atom is -0.496 e. The summed E-state index contributed by atoms with van der Waals surface area (Å²) >= 11 is 0. The standard InChI is InChI=1S/C31H33N5O6/c1-39-28-16-25(10-11-26(28)29-18-32-19-41-29)36-30(37)35-24-9-5-6-21(14-24)17-33-31(38)42-27(22-7-3-2-4-8-22)15-23-12-13-40-20-34-23/h2-11,14,16,18-19,23,27,34H,12-13,15,17,20H2,1H3,(H,33,38)(H2,35,36,37)/t23?,27-/m0/s1. The lowest BCUT2D eigenvalue weighted by atomic mass is 10.00. The third kappa shape index (κ3) is 7.87. The number of methoxy groups -OCH3 is 1. The van der Waals surface area contributed by atoms with Crippen molar-refractivity contribution in [2.24, 2.45) is 0 Å². The van der Waals surface area contributed by atoms with Crippen LogP contribution < -0.4 is 26.0 Å². The second-order valence-corrected chi connectivity index (χ2v) is 9.70. The molecule has 5 rings (SSSR count). The molecule has 0 saturated carbocycles. The molecule has 0 radical (unpaired) electrons. The topological polar surface area (TPSA) is 136 Å². The Bertz CT molecular complexity index is 1460. The van der Waals surface area contributed by atoms with Crippen LogP contribution in [0.4, 0.5) is 21.0 Å². The Hall–Kier alpha value is -4.87. The fourth-order valence-corrected chi connectivity index (χ4v) is 4.68. The number of urea groups is 1. The molecule has 1 saturated heterocycles. The van der Waals surface area contributed by atoms with Crippen LogP contribution in [0.15, 0.2) is 89.8 Å². The number of aromatic nitrogens is 1. The van der Waals surface area contributed by atoms with Gasteiger partial charge in [0.15, 0.2) is 12.2 Å². The van der Waals surface area contributed by atoms with Crippen LogP contribution in [-0.2, 0) is 16.0 Å². The predicted octanol–water partition coefficient (Wildman–Crippen LogP) is 5.69. The number of carbonyl (C=O) groups is 2. The number of alkyl carbamates (subject to hydrolysis) is 1. The molecule has 4 N–H and O–H groups in total. The summed E-state index contributed by atoms with van der Waals surface area (Å²) < 4.78 is 22.0. The van der Waals surface area contributed by atoms with E-state index in [4.69, 9.17) is 18.6 Å². The van der Waals surface area contributed by atoms with Gasteiger partial charge in [0.1, 0.15) is 11.9 Å². The van der Waals surface area contributed by atoms with Crippen molar-refractivity contribution in [2.75, 3.05) is 31.1 Å². The number of anilines is 2. The second-order valence-electron chi connectivity index (χ2n) is 9.70. The van der Waals surface area contributed by atoms with Crippen LogP contribution >= 0.6 is 0 Å². The van der Waals surface area contributed by atoms with Gasteiger partial charge in [-0.1, -0.05) is 42.5 Å². The van der Waals surface area contributed by atoms with Gasteiger partial charge in [-0.2, -0.15) is 0 Å². The van der Waals surface area contributed by atoms with Crippen LogP contribution in [0.2, 0.25) is 0 Å². The zero-order valence-corrected chi connectivity index (χ0v) is 23.2. The Morgan fingerprint density at radius 3 is 2.62 bits per heavy atom. The van der Waals surface area contributed by atoms with Gasteiger partial charge >= 0.3 is 12.1 Å². The zero-order chi connectivity index (χ0) is 29.1. The Morgan fingerprint density at radius 2 is 1.88 bits per heavy atom.